The zero-order chi connectivity index (χ0) is 19.6. The fraction of sp³-hybridized carbons (Fsp3) is 0.714. The maximum atomic E-state index is 12.2. The van der Waals surface area contributed by atoms with Crippen molar-refractivity contribution in [3.63, 3.8) is 0 Å². The average molecular weight is 399 g/mol. The van der Waals surface area contributed by atoms with Crippen molar-refractivity contribution in [1.29, 1.82) is 0 Å². The van der Waals surface area contributed by atoms with Gasteiger partial charge in [-0.05, 0) is 63.6 Å². The van der Waals surface area contributed by atoms with E-state index in [0.717, 1.165) is 82.5 Å². The van der Waals surface area contributed by atoms with E-state index in [2.05, 4.69) is 20.1 Å². The summed E-state index contributed by atoms with van der Waals surface area (Å²) in [6.07, 6.45) is 6.45. The second kappa shape index (κ2) is 8.36. The van der Waals surface area contributed by atoms with Crippen LogP contribution in [-0.2, 0) is 17.8 Å². The van der Waals surface area contributed by atoms with Crippen LogP contribution in [0.25, 0.3) is 0 Å². The monoisotopic (exact) mass is 399 g/mol. The molecule has 0 bridgehead atoms. The molecule has 0 spiro atoms. The molecule has 8 nitrogen and oxygen atoms in total. The summed E-state index contributed by atoms with van der Waals surface area (Å²) in [5.41, 5.74) is 1.10. The molecule has 3 fully saturated rings. The number of piperidine rings is 1. The van der Waals surface area contributed by atoms with Gasteiger partial charge in [0.2, 0.25) is 5.89 Å². The van der Waals surface area contributed by atoms with Crippen molar-refractivity contribution in [1.82, 2.24) is 24.8 Å². The molecule has 0 unspecified atom stereocenters. The van der Waals surface area contributed by atoms with Gasteiger partial charge in [0.1, 0.15) is 0 Å². The molecule has 2 aliphatic heterocycles. The van der Waals surface area contributed by atoms with Crippen molar-refractivity contribution < 1.29 is 9.26 Å². The Balaban J connectivity index is 1.13. The van der Waals surface area contributed by atoms with Crippen LogP contribution in [0, 0.1) is 5.92 Å². The van der Waals surface area contributed by atoms with Crippen LogP contribution in [0.2, 0.25) is 0 Å². The van der Waals surface area contributed by atoms with Gasteiger partial charge in [0.15, 0.2) is 5.82 Å². The Morgan fingerprint density at radius 2 is 1.79 bits per heavy atom. The van der Waals surface area contributed by atoms with Crippen LogP contribution >= 0.6 is 0 Å². The molecular formula is C21H29N5O3. The normalized spacial score (nSPS) is 22.2. The van der Waals surface area contributed by atoms with Crippen molar-refractivity contribution in [3.05, 3.63) is 39.9 Å². The predicted octanol–water partition coefficient (Wildman–Crippen LogP) is 2.31. The van der Waals surface area contributed by atoms with E-state index in [0.29, 0.717) is 17.8 Å². The first-order valence-corrected chi connectivity index (χ1v) is 11.0. The molecule has 3 aliphatic rings. The lowest BCUT2D eigenvalue weighted by Gasteiger charge is -2.31. The number of hydrogen-bond acceptors (Lipinski definition) is 7. The lowest BCUT2D eigenvalue weighted by atomic mass is 9.97. The quantitative estimate of drug-likeness (QED) is 0.737. The van der Waals surface area contributed by atoms with Crippen molar-refractivity contribution in [2.75, 3.05) is 26.3 Å². The molecule has 1 aliphatic carbocycles. The van der Waals surface area contributed by atoms with Crippen LogP contribution in [0.15, 0.2) is 21.5 Å². The molecule has 0 atom stereocenters. The topological polar surface area (TPSA) is 86.3 Å². The summed E-state index contributed by atoms with van der Waals surface area (Å²) in [4.78, 5) is 19.2. The van der Waals surface area contributed by atoms with Crippen molar-refractivity contribution in [3.8, 4) is 0 Å². The summed E-state index contributed by atoms with van der Waals surface area (Å²) in [5.74, 6) is 2.95. The Morgan fingerprint density at radius 3 is 2.55 bits per heavy atom. The van der Waals surface area contributed by atoms with Gasteiger partial charge in [-0.25, -0.2) is 4.68 Å². The van der Waals surface area contributed by atoms with Crippen LogP contribution in [0.5, 0.6) is 0 Å². The molecule has 0 N–H and O–H groups in total. The van der Waals surface area contributed by atoms with E-state index in [4.69, 9.17) is 9.26 Å². The van der Waals surface area contributed by atoms with Crippen LogP contribution < -0.4 is 5.56 Å². The number of hydrogen-bond donors (Lipinski definition) is 0. The van der Waals surface area contributed by atoms with E-state index in [9.17, 15) is 4.79 Å². The molecule has 156 valence electrons. The highest BCUT2D eigenvalue weighted by molar-refractivity contribution is 5.12. The molecule has 2 saturated heterocycles. The zero-order valence-corrected chi connectivity index (χ0v) is 16.8. The van der Waals surface area contributed by atoms with Gasteiger partial charge in [0, 0.05) is 37.7 Å². The molecular weight excluding hydrogens is 370 g/mol. The molecule has 1 saturated carbocycles. The summed E-state index contributed by atoms with van der Waals surface area (Å²) in [6, 6.07) is 3.58. The highest BCUT2D eigenvalue weighted by Crippen LogP contribution is 2.38. The average Bonchev–Trinajstić information content (AvgIpc) is 3.50. The molecule has 0 amide bonds. The summed E-state index contributed by atoms with van der Waals surface area (Å²) in [7, 11) is 0. The maximum absolute atomic E-state index is 12.2. The van der Waals surface area contributed by atoms with Crippen LogP contribution in [-0.4, -0.2) is 51.1 Å². The Kier molecular flexibility index (Phi) is 5.46. The van der Waals surface area contributed by atoms with E-state index in [1.807, 2.05) is 6.07 Å². The van der Waals surface area contributed by atoms with Crippen LogP contribution in [0.3, 0.4) is 0 Å². The van der Waals surface area contributed by atoms with Crippen molar-refractivity contribution in [2.24, 2.45) is 5.92 Å². The molecule has 2 aromatic rings. The fourth-order valence-corrected chi connectivity index (χ4v) is 4.41. The SMILES string of the molecule is O=c1ccc(C2CC2)nn1CC1CCN(Cc2noc(C3CCOCC3)n2)CC1. The number of rotatable bonds is 6. The lowest BCUT2D eigenvalue weighted by Crippen LogP contribution is -2.36. The maximum Gasteiger partial charge on any atom is 0.266 e. The highest BCUT2D eigenvalue weighted by atomic mass is 16.5. The van der Waals surface area contributed by atoms with Crippen molar-refractivity contribution in [2.45, 2.75) is 63.5 Å². The Morgan fingerprint density at radius 1 is 1.00 bits per heavy atom. The second-order valence-corrected chi connectivity index (χ2v) is 8.71. The number of likely N-dealkylation sites (tertiary alicyclic amines) is 1. The summed E-state index contributed by atoms with van der Waals surface area (Å²) < 4.78 is 12.6. The van der Waals surface area contributed by atoms with E-state index in [-0.39, 0.29) is 5.56 Å². The first-order valence-electron chi connectivity index (χ1n) is 11.0. The molecule has 0 aromatic carbocycles. The van der Waals surface area contributed by atoms with Crippen molar-refractivity contribution >= 4 is 0 Å². The minimum atomic E-state index is 0.0178. The summed E-state index contributed by atoms with van der Waals surface area (Å²) in [6.45, 7) is 4.98. The number of nitrogens with zero attached hydrogens (tertiary/aromatic N) is 5. The zero-order valence-electron chi connectivity index (χ0n) is 16.8. The Bertz CT molecular complexity index is 876. The highest BCUT2D eigenvalue weighted by Gasteiger charge is 2.27. The molecule has 29 heavy (non-hydrogen) atoms. The van der Waals surface area contributed by atoms with Crippen LogP contribution in [0.1, 0.15) is 67.8 Å². The third-order valence-corrected chi connectivity index (χ3v) is 6.44. The Hall–Kier alpha value is -2.06. The second-order valence-electron chi connectivity index (χ2n) is 8.71. The van der Waals surface area contributed by atoms with Gasteiger partial charge in [-0.15, -0.1) is 0 Å². The molecule has 8 heteroatoms. The van der Waals surface area contributed by atoms with Gasteiger partial charge in [-0.3, -0.25) is 9.69 Å². The van der Waals surface area contributed by atoms with Gasteiger partial charge < -0.3 is 9.26 Å². The number of aromatic nitrogens is 4. The van der Waals surface area contributed by atoms with Gasteiger partial charge in [0.25, 0.3) is 5.56 Å². The smallest absolute Gasteiger partial charge is 0.266 e. The third-order valence-electron chi connectivity index (χ3n) is 6.44. The predicted molar refractivity (Wildman–Crippen MR) is 106 cm³/mol. The summed E-state index contributed by atoms with van der Waals surface area (Å²) in [5, 5.41) is 8.80. The molecule has 4 heterocycles. The minimum absolute atomic E-state index is 0.0178. The van der Waals surface area contributed by atoms with Gasteiger partial charge in [-0.1, -0.05) is 5.16 Å². The summed E-state index contributed by atoms with van der Waals surface area (Å²) >= 11 is 0. The van der Waals surface area contributed by atoms with E-state index >= 15 is 0 Å². The standard InChI is InChI=1S/C21H29N5O3/c27-20-4-3-18(16-1-2-16)23-26(20)13-15-5-9-25(10-6-15)14-19-22-21(29-24-19)17-7-11-28-12-8-17/h3-4,15-17H,1-2,5-14H2. The molecule has 5 rings (SSSR count). The first kappa shape index (κ1) is 18.9. The van der Waals surface area contributed by atoms with Gasteiger partial charge in [0.05, 0.1) is 12.2 Å². The van der Waals surface area contributed by atoms with Gasteiger partial charge >= 0.3 is 0 Å². The van der Waals surface area contributed by atoms with E-state index in [1.54, 1.807) is 10.7 Å². The minimum Gasteiger partial charge on any atom is -0.381 e. The van der Waals surface area contributed by atoms with E-state index < -0.39 is 0 Å². The lowest BCUT2D eigenvalue weighted by molar-refractivity contribution is 0.0778. The Labute approximate surface area is 170 Å². The first-order chi connectivity index (χ1) is 14.2. The van der Waals surface area contributed by atoms with E-state index in [1.165, 1.54) is 12.8 Å². The van der Waals surface area contributed by atoms with Crippen LogP contribution in [0.4, 0.5) is 0 Å². The third kappa shape index (κ3) is 4.59. The molecule has 0 radical (unpaired) electrons. The largest absolute Gasteiger partial charge is 0.381 e. The molecule has 2 aromatic heterocycles. The van der Waals surface area contributed by atoms with Gasteiger partial charge in [-0.2, -0.15) is 10.1 Å². The fourth-order valence-electron chi connectivity index (χ4n) is 4.41. The number of ether oxygens (including phenoxy) is 1.